The molecule has 0 N–H and O–H groups in total. The molecule has 0 aromatic heterocycles. The second-order valence-electron chi connectivity index (χ2n) is 6.37. The van der Waals surface area contributed by atoms with Crippen LogP contribution < -0.4 is 0 Å². The molecule has 0 radical (unpaired) electrons. The van der Waals surface area contributed by atoms with Crippen molar-refractivity contribution in [2.45, 2.75) is 75.2 Å². The first-order valence-corrected chi connectivity index (χ1v) is 17.5. The van der Waals surface area contributed by atoms with Crippen LogP contribution in [0.15, 0.2) is 0 Å². The third kappa shape index (κ3) is 8.91. The Labute approximate surface area is 169 Å². The molecule has 0 aromatic carbocycles. The fourth-order valence-corrected chi connectivity index (χ4v) is 17.2. The molecule has 9 heteroatoms. The van der Waals surface area contributed by atoms with Crippen molar-refractivity contribution in [3.63, 3.8) is 0 Å². The number of rotatable bonds is 16. The van der Waals surface area contributed by atoms with Gasteiger partial charge in [0.1, 0.15) is 0 Å². The molecule has 4 nitrogen and oxygen atoms in total. The van der Waals surface area contributed by atoms with Gasteiger partial charge in [-0.05, 0) is 35.8 Å². The molecule has 0 fully saturated rings. The minimum Gasteiger partial charge on any atom is -0.397 e. The van der Waals surface area contributed by atoms with Crippen molar-refractivity contribution in [1.29, 1.82) is 0 Å². The average molecular weight is 447 g/mol. The van der Waals surface area contributed by atoms with Gasteiger partial charge in [-0.2, -0.15) is 0 Å². The SMILES string of the molecule is CCCCC(SSSC(CCCC)[Si](C)(OC)OC)[Si](C)(OC)OC. The smallest absolute Gasteiger partial charge is 0.348 e. The summed E-state index contributed by atoms with van der Waals surface area (Å²) in [4.78, 5) is 0.842. The fourth-order valence-electron chi connectivity index (χ4n) is 2.38. The highest BCUT2D eigenvalue weighted by atomic mass is 33.5. The molecule has 0 amide bonds. The van der Waals surface area contributed by atoms with Crippen LogP contribution in [0.2, 0.25) is 13.1 Å². The Morgan fingerprint density at radius 2 is 1.00 bits per heavy atom. The zero-order valence-corrected chi connectivity index (χ0v) is 21.7. The van der Waals surface area contributed by atoms with Gasteiger partial charge in [0, 0.05) is 28.4 Å². The van der Waals surface area contributed by atoms with E-state index in [4.69, 9.17) is 17.7 Å². The van der Waals surface area contributed by atoms with E-state index in [1.54, 1.807) is 28.4 Å². The molecule has 0 aromatic rings. The first-order chi connectivity index (χ1) is 11.9. The Bertz CT molecular complexity index is 303. The molecule has 0 rings (SSSR count). The van der Waals surface area contributed by atoms with E-state index in [0.29, 0.717) is 9.75 Å². The number of unbranched alkanes of at least 4 members (excludes halogenated alkanes) is 2. The van der Waals surface area contributed by atoms with Crippen LogP contribution in [-0.4, -0.2) is 55.3 Å². The monoisotopic (exact) mass is 446 g/mol. The first kappa shape index (κ1) is 26.3. The Morgan fingerprint density at radius 3 is 1.24 bits per heavy atom. The lowest BCUT2D eigenvalue weighted by atomic mass is 10.3. The van der Waals surface area contributed by atoms with Crippen LogP contribution in [0.3, 0.4) is 0 Å². The molecule has 0 spiro atoms. The van der Waals surface area contributed by atoms with E-state index < -0.39 is 17.1 Å². The van der Waals surface area contributed by atoms with E-state index in [0.717, 1.165) is 12.8 Å². The highest BCUT2D eigenvalue weighted by Gasteiger charge is 2.42. The van der Waals surface area contributed by atoms with E-state index >= 15 is 0 Å². The third-order valence-electron chi connectivity index (χ3n) is 4.74. The molecular weight excluding hydrogens is 409 g/mol. The molecular formula is C16H38O4S3Si2. The molecule has 2 atom stereocenters. The summed E-state index contributed by atoms with van der Waals surface area (Å²) < 4.78 is 23.2. The summed E-state index contributed by atoms with van der Waals surface area (Å²) >= 11 is 0. The maximum Gasteiger partial charge on any atom is 0.348 e. The zero-order chi connectivity index (χ0) is 19.3. The molecule has 0 aliphatic rings. The molecule has 0 aliphatic heterocycles. The van der Waals surface area contributed by atoms with Crippen molar-refractivity contribution in [1.82, 2.24) is 0 Å². The predicted molar refractivity (Wildman–Crippen MR) is 121 cm³/mol. The van der Waals surface area contributed by atoms with Crippen LogP contribution >= 0.6 is 31.4 Å². The van der Waals surface area contributed by atoms with Gasteiger partial charge in [-0.15, -0.1) is 0 Å². The van der Waals surface area contributed by atoms with Gasteiger partial charge in [-0.3, -0.25) is 0 Å². The van der Waals surface area contributed by atoms with Crippen molar-refractivity contribution >= 4 is 48.5 Å². The van der Waals surface area contributed by atoms with Crippen molar-refractivity contribution in [3.8, 4) is 0 Å². The second-order valence-corrected chi connectivity index (χ2v) is 18.7. The first-order valence-electron chi connectivity index (χ1n) is 9.06. The molecule has 0 saturated carbocycles. The predicted octanol–water partition coefficient (Wildman–Crippen LogP) is 5.94. The standard InChI is InChI=1S/C16H38O4S3Si2/c1-9-11-13-15(24(7,17-3)18-4)21-23-22-16(14-12-10-2)25(8,19-5)20-6/h15-16H,9-14H2,1-8H3. The molecule has 0 heterocycles. The lowest BCUT2D eigenvalue weighted by molar-refractivity contribution is 0.245. The van der Waals surface area contributed by atoms with Crippen molar-refractivity contribution in [2.24, 2.45) is 0 Å². The van der Waals surface area contributed by atoms with Crippen molar-refractivity contribution < 1.29 is 17.7 Å². The van der Waals surface area contributed by atoms with E-state index in [9.17, 15) is 0 Å². The normalized spacial score (nSPS) is 15.4. The summed E-state index contributed by atoms with van der Waals surface area (Å²) in [6.45, 7) is 8.81. The van der Waals surface area contributed by atoms with Crippen LogP contribution in [0, 0.1) is 0 Å². The van der Waals surface area contributed by atoms with Gasteiger partial charge in [0.15, 0.2) is 0 Å². The van der Waals surface area contributed by atoms with Gasteiger partial charge in [0.25, 0.3) is 0 Å². The lowest BCUT2D eigenvalue weighted by Gasteiger charge is -2.33. The topological polar surface area (TPSA) is 36.9 Å². The van der Waals surface area contributed by atoms with Gasteiger partial charge in [0.05, 0.1) is 9.75 Å². The quantitative estimate of drug-likeness (QED) is 0.214. The fraction of sp³-hybridized carbons (Fsp3) is 1.00. The maximum atomic E-state index is 5.81. The zero-order valence-electron chi connectivity index (χ0n) is 17.3. The van der Waals surface area contributed by atoms with E-state index in [2.05, 4.69) is 26.9 Å². The van der Waals surface area contributed by atoms with Crippen molar-refractivity contribution in [3.05, 3.63) is 0 Å². The van der Waals surface area contributed by atoms with Gasteiger partial charge >= 0.3 is 17.1 Å². The van der Waals surface area contributed by atoms with Gasteiger partial charge in [-0.25, -0.2) is 0 Å². The number of hydrogen-bond acceptors (Lipinski definition) is 7. The molecule has 0 bridgehead atoms. The van der Waals surface area contributed by atoms with Crippen LogP contribution in [0.25, 0.3) is 0 Å². The average Bonchev–Trinajstić information content (AvgIpc) is 2.65. The molecule has 25 heavy (non-hydrogen) atoms. The van der Waals surface area contributed by atoms with Gasteiger partial charge < -0.3 is 17.7 Å². The Morgan fingerprint density at radius 1 is 0.680 bits per heavy atom. The summed E-state index contributed by atoms with van der Waals surface area (Å²) in [5.74, 6) is 0. The Kier molecular flexibility index (Phi) is 15.1. The van der Waals surface area contributed by atoms with Crippen LogP contribution in [0.4, 0.5) is 0 Å². The second kappa shape index (κ2) is 14.3. The summed E-state index contributed by atoms with van der Waals surface area (Å²) in [5.41, 5.74) is 0. The van der Waals surface area contributed by atoms with Gasteiger partial charge in [-0.1, -0.05) is 61.1 Å². The van der Waals surface area contributed by atoms with E-state index in [1.807, 2.05) is 31.4 Å². The summed E-state index contributed by atoms with van der Waals surface area (Å²) in [6.07, 6.45) is 7.10. The van der Waals surface area contributed by atoms with Crippen LogP contribution in [0.5, 0.6) is 0 Å². The highest BCUT2D eigenvalue weighted by Crippen LogP contribution is 2.47. The molecule has 152 valence electrons. The van der Waals surface area contributed by atoms with E-state index in [-0.39, 0.29) is 0 Å². The van der Waals surface area contributed by atoms with E-state index in [1.165, 1.54) is 25.7 Å². The Hall–Kier alpha value is 1.32. The highest BCUT2D eigenvalue weighted by molar-refractivity contribution is 9.09. The number of hydrogen-bond donors (Lipinski definition) is 0. The van der Waals surface area contributed by atoms with Gasteiger partial charge in [0.2, 0.25) is 0 Å². The molecule has 0 saturated heterocycles. The summed E-state index contributed by atoms with van der Waals surface area (Å²) in [7, 11) is 8.57. The Balaban J connectivity index is 4.87. The van der Waals surface area contributed by atoms with Crippen LogP contribution in [0.1, 0.15) is 52.4 Å². The molecule has 2 unspecified atom stereocenters. The maximum absolute atomic E-state index is 5.81. The minimum absolute atomic E-state index is 0.421. The minimum atomic E-state index is -2.15. The summed E-state index contributed by atoms with van der Waals surface area (Å²) in [5, 5.41) is 0. The van der Waals surface area contributed by atoms with Crippen molar-refractivity contribution in [2.75, 3.05) is 28.4 Å². The third-order valence-corrected chi connectivity index (χ3v) is 19.6. The lowest BCUT2D eigenvalue weighted by Crippen LogP contribution is -2.48. The molecule has 0 aliphatic carbocycles. The summed E-state index contributed by atoms with van der Waals surface area (Å²) in [6, 6.07) is 0. The largest absolute Gasteiger partial charge is 0.397 e. The van der Waals surface area contributed by atoms with Crippen LogP contribution in [-0.2, 0) is 17.7 Å².